The van der Waals surface area contributed by atoms with Gasteiger partial charge in [0.05, 0.1) is 12.5 Å². The van der Waals surface area contributed by atoms with Gasteiger partial charge in [-0.1, -0.05) is 19.1 Å². The van der Waals surface area contributed by atoms with E-state index in [4.69, 9.17) is 0 Å². The molecule has 1 unspecified atom stereocenters. The predicted molar refractivity (Wildman–Crippen MR) is 87.2 cm³/mol. The summed E-state index contributed by atoms with van der Waals surface area (Å²) in [5.74, 6) is -0.0583. The molecule has 2 heterocycles. The maximum Gasteiger partial charge on any atom is 0.242 e. The zero-order valence-electron chi connectivity index (χ0n) is 13.4. The summed E-state index contributed by atoms with van der Waals surface area (Å²) in [4.78, 5) is 28.0. The Balaban J connectivity index is 1.75. The molecule has 0 bridgehead atoms. The minimum Gasteiger partial charge on any atom is -0.388 e. The number of amides is 2. The summed E-state index contributed by atoms with van der Waals surface area (Å²) >= 11 is 0. The molecular weight excluding hydrogens is 294 g/mol. The molecule has 2 N–H and O–H groups in total. The van der Waals surface area contributed by atoms with E-state index in [2.05, 4.69) is 5.32 Å². The van der Waals surface area contributed by atoms with Crippen LogP contribution < -0.4 is 10.2 Å². The molecule has 6 nitrogen and oxygen atoms in total. The van der Waals surface area contributed by atoms with Gasteiger partial charge in [-0.25, -0.2) is 0 Å². The van der Waals surface area contributed by atoms with Gasteiger partial charge >= 0.3 is 0 Å². The summed E-state index contributed by atoms with van der Waals surface area (Å²) in [6, 6.07) is 5.57. The van der Waals surface area contributed by atoms with Crippen LogP contribution in [0.4, 0.5) is 5.69 Å². The molecule has 3 rings (SSSR count). The van der Waals surface area contributed by atoms with Gasteiger partial charge in [0.1, 0.15) is 6.54 Å². The van der Waals surface area contributed by atoms with Crippen LogP contribution in [-0.2, 0) is 16.0 Å². The fraction of sp³-hybridized carbons (Fsp3) is 0.529. The Bertz CT molecular complexity index is 611. The number of rotatable bonds is 4. The van der Waals surface area contributed by atoms with Gasteiger partial charge < -0.3 is 20.2 Å². The second kappa shape index (κ2) is 6.68. The zero-order valence-corrected chi connectivity index (χ0v) is 13.4. The van der Waals surface area contributed by atoms with Crippen LogP contribution in [0.1, 0.15) is 30.6 Å². The molecule has 2 aliphatic heterocycles. The van der Waals surface area contributed by atoms with E-state index < -0.39 is 6.10 Å². The Kier molecular flexibility index (Phi) is 4.63. The highest BCUT2D eigenvalue weighted by Crippen LogP contribution is 2.31. The lowest BCUT2D eigenvalue weighted by atomic mass is 10.0. The van der Waals surface area contributed by atoms with Gasteiger partial charge in [0.15, 0.2) is 0 Å². The Labute approximate surface area is 136 Å². The van der Waals surface area contributed by atoms with Crippen molar-refractivity contribution in [1.29, 1.82) is 0 Å². The molecule has 2 aliphatic rings. The standard InChI is InChI=1S/C17H23N3O3/c1-2-15(21)12-3-4-14-13(9-12)10-16(22)20(14)11-17(23)19-7-5-18-6-8-19/h3-4,9,15,18,21H,2,5-8,10-11H2,1H3. The number of nitrogens with zero attached hydrogens (tertiary/aromatic N) is 2. The molecule has 1 saturated heterocycles. The number of carbonyl (C=O) groups excluding carboxylic acids is 2. The number of piperazine rings is 1. The smallest absolute Gasteiger partial charge is 0.242 e. The van der Waals surface area contributed by atoms with E-state index in [1.54, 1.807) is 9.80 Å². The number of benzene rings is 1. The lowest BCUT2D eigenvalue weighted by Gasteiger charge is -2.29. The van der Waals surface area contributed by atoms with Crippen LogP contribution in [0.15, 0.2) is 18.2 Å². The molecule has 23 heavy (non-hydrogen) atoms. The minimum atomic E-state index is -0.507. The first-order valence-corrected chi connectivity index (χ1v) is 8.20. The van der Waals surface area contributed by atoms with Crippen LogP contribution in [0.3, 0.4) is 0 Å². The van der Waals surface area contributed by atoms with Crippen molar-refractivity contribution in [3.63, 3.8) is 0 Å². The van der Waals surface area contributed by atoms with Crippen LogP contribution in [-0.4, -0.2) is 54.5 Å². The van der Waals surface area contributed by atoms with Crippen LogP contribution >= 0.6 is 0 Å². The molecule has 0 saturated carbocycles. The lowest BCUT2D eigenvalue weighted by molar-refractivity contribution is -0.131. The van der Waals surface area contributed by atoms with E-state index in [-0.39, 0.29) is 18.4 Å². The van der Waals surface area contributed by atoms with Crippen LogP contribution in [0, 0.1) is 0 Å². The van der Waals surface area contributed by atoms with Gasteiger partial charge in [-0.2, -0.15) is 0 Å². The Morgan fingerprint density at radius 1 is 1.35 bits per heavy atom. The van der Waals surface area contributed by atoms with Gasteiger partial charge in [-0.15, -0.1) is 0 Å². The van der Waals surface area contributed by atoms with E-state index >= 15 is 0 Å². The summed E-state index contributed by atoms with van der Waals surface area (Å²) in [5.41, 5.74) is 2.52. The summed E-state index contributed by atoms with van der Waals surface area (Å²) in [7, 11) is 0. The fourth-order valence-corrected chi connectivity index (χ4v) is 3.17. The molecule has 0 radical (unpaired) electrons. The van der Waals surface area contributed by atoms with E-state index in [0.717, 1.165) is 29.9 Å². The summed E-state index contributed by atoms with van der Waals surface area (Å²) in [6.45, 7) is 5.00. The predicted octanol–water partition coefficient (Wildman–Crippen LogP) is 0.451. The average molecular weight is 317 g/mol. The maximum atomic E-state index is 12.4. The first kappa shape index (κ1) is 16.0. The Morgan fingerprint density at radius 2 is 2.09 bits per heavy atom. The summed E-state index contributed by atoms with van der Waals surface area (Å²) in [6.07, 6.45) is 0.429. The van der Waals surface area contributed by atoms with Crippen LogP contribution in [0.2, 0.25) is 0 Å². The van der Waals surface area contributed by atoms with Crippen molar-refractivity contribution in [2.75, 3.05) is 37.6 Å². The number of hydrogen-bond donors (Lipinski definition) is 2. The highest BCUT2D eigenvalue weighted by atomic mass is 16.3. The molecule has 124 valence electrons. The molecule has 1 fully saturated rings. The Morgan fingerprint density at radius 3 is 2.78 bits per heavy atom. The van der Waals surface area contributed by atoms with Gasteiger partial charge in [-0.05, 0) is 23.6 Å². The molecule has 6 heteroatoms. The number of aliphatic hydroxyl groups excluding tert-OH is 1. The number of carbonyl (C=O) groups is 2. The zero-order chi connectivity index (χ0) is 16.4. The van der Waals surface area contributed by atoms with Crippen molar-refractivity contribution < 1.29 is 14.7 Å². The van der Waals surface area contributed by atoms with E-state index in [0.29, 0.717) is 25.9 Å². The molecule has 0 aliphatic carbocycles. The van der Waals surface area contributed by atoms with Crippen molar-refractivity contribution >= 4 is 17.5 Å². The quantitative estimate of drug-likeness (QED) is 0.846. The topological polar surface area (TPSA) is 72.9 Å². The molecule has 1 aromatic carbocycles. The van der Waals surface area contributed by atoms with Gasteiger partial charge in [0, 0.05) is 31.9 Å². The highest BCUT2D eigenvalue weighted by molar-refractivity contribution is 6.05. The van der Waals surface area contributed by atoms with E-state index in [9.17, 15) is 14.7 Å². The van der Waals surface area contributed by atoms with Crippen molar-refractivity contribution in [3.05, 3.63) is 29.3 Å². The van der Waals surface area contributed by atoms with Crippen molar-refractivity contribution in [2.45, 2.75) is 25.9 Å². The van der Waals surface area contributed by atoms with Crippen molar-refractivity contribution in [2.24, 2.45) is 0 Å². The average Bonchev–Trinajstić information content (AvgIpc) is 2.89. The van der Waals surface area contributed by atoms with Gasteiger partial charge in [-0.3, -0.25) is 9.59 Å². The molecule has 0 aromatic heterocycles. The normalized spacial score (nSPS) is 19.0. The van der Waals surface area contributed by atoms with Crippen LogP contribution in [0.5, 0.6) is 0 Å². The third-order valence-electron chi connectivity index (χ3n) is 4.57. The molecule has 1 atom stereocenters. The molecule has 2 amide bonds. The highest BCUT2D eigenvalue weighted by Gasteiger charge is 2.31. The van der Waals surface area contributed by atoms with Crippen LogP contribution in [0.25, 0.3) is 0 Å². The van der Waals surface area contributed by atoms with Crippen molar-refractivity contribution in [3.8, 4) is 0 Å². The number of anilines is 1. The number of aliphatic hydroxyl groups is 1. The number of hydrogen-bond acceptors (Lipinski definition) is 4. The van der Waals surface area contributed by atoms with Gasteiger partial charge in [0.2, 0.25) is 11.8 Å². The summed E-state index contributed by atoms with van der Waals surface area (Å²) < 4.78 is 0. The monoisotopic (exact) mass is 317 g/mol. The molecule has 0 spiro atoms. The fourth-order valence-electron chi connectivity index (χ4n) is 3.17. The molecular formula is C17H23N3O3. The maximum absolute atomic E-state index is 12.4. The lowest BCUT2D eigenvalue weighted by Crippen LogP contribution is -2.50. The number of fused-ring (bicyclic) bond motifs is 1. The molecule has 1 aromatic rings. The first-order valence-electron chi connectivity index (χ1n) is 8.20. The van der Waals surface area contributed by atoms with E-state index in [1.807, 2.05) is 25.1 Å². The Hall–Kier alpha value is -1.92. The largest absolute Gasteiger partial charge is 0.388 e. The number of nitrogens with one attached hydrogen (secondary N) is 1. The SMILES string of the molecule is CCC(O)c1ccc2c(c1)CC(=O)N2CC(=O)N1CCNCC1. The third kappa shape index (κ3) is 3.23. The van der Waals surface area contributed by atoms with E-state index in [1.165, 1.54) is 0 Å². The van der Waals surface area contributed by atoms with Gasteiger partial charge in [0.25, 0.3) is 0 Å². The second-order valence-corrected chi connectivity index (χ2v) is 6.10. The summed E-state index contributed by atoms with van der Waals surface area (Å²) in [5, 5.41) is 13.2. The third-order valence-corrected chi connectivity index (χ3v) is 4.57. The second-order valence-electron chi connectivity index (χ2n) is 6.10. The first-order chi connectivity index (χ1) is 11.1. The van der Waals surface area contributed by atoms with Crippen molar-refractivity contribution in [1.82, 2.24) is 10.2 Å². The minimum absolute atomic E-state index is 0.00892.